The van der Waals surface area contributed by atoms with Crippen LogP contribution in [0.4, 0.5) is 0 Å². The molecule has 1 aromatic rings. The Bertz CT molecular complexity index is 370. The Morgan fingerprint density at radius 3 is 3.12 bits per heavy atom. The lowest BCUT2D eigenvalue weighted by Gasteiger charge is -2.33. The molecule has 1 aliphatic rings. The molecule has 1 saturated heterocycles. The first-order chi connectivity index (χ1) is 7.66. The van der Waals surface area contributed by atoms with Crippen molar-refractivity contribution < 1.29 is 9.84 Å². The highest BCUT2D eigenvalue weighted by Gasteiger charge is 2.19. The highest BCUT2D eigenvalue weighted by atomic mass is 79.9. The summed E-state index contributed by atoms with van der Waals surface area (Å²) in [6, 6.07) is 5.82. The number of morpholine rings is 1. The maximum absolute atomic E-state index is 9.47. The van der Waals surface area contributed by atoms with Crippen LogP contribution in [0.1, 0.15) is 12.5 Å². The van der Waals surface area contributed by atoms with Crippen molar-refractivity contribution in [3.05, 3.63) is 28.2 Å². The van der Waals surface area contributed by atoms with Crippen LogP contribution in [-0.4, -0.2) is 35.8 Å². The molecular weight excluding hydrogens is 270 g/mol. The van der Waals surface area contributed by atoms with Crippen LogP contribution < -0.4 is 0 Å². The molecule has 88 valence electrons. The molecule has 1 unspecified atom stereocenters. The van der Waals surface area contributed by atoms with Crippen LogP contribution in [0.5, 0.6) is 5.75 Å². The maximum Gasteiger partial charge on any atom is 0.115 e. The lowest BCUT2D eigenvalue weighted by molar-refractivity contribution is -0.00447. The normalized spacial score (nSPS) is 22.2. The van der Waals surface area contributed by atoms with E-state index in [0.29, 0.717) is 11.8 Å². The van der Waals surface area contributed by atoms with E-state index in [9.17, 15) is 5.11 Å². The Kier molecular flexibility index (Phi) is 3.84. The number of hydrogen-bond acceptors (Lipinski definition) is 3. The fourth-order valence-corrected chi connectivity index (χ4v) is 2.27. The zero-order chi connectivity index (χ0) is 11.5. The molecule has 0 radical (unpaired) electrons. The summed E-state index contributed by atoms with van der Waals surface area (Å²) in [5, 5.41) is 9.47. The summed E-state index contributed by atoms with van der Waals surface area (Å²) in [5.74, 6) is 0.319. The minimum absolute atomic E-state index is 0.319. The van der Waals surface area contributed by atoms with Gasteiger partial charge in [-0.3, -0.25) is 4.90 Å². The molecular formula is C12H16BrNO2. The molecule has 0 bridgehead atoms. The van der Waals surface area contributed by atoms with Gasteiger partial charge in [0, 0.05) is 23.6 Å². The number of phenols is 1. The predicted octanol–water partition coefficient (Wildman–Crippen LogP) is 2.38. The SMILES string of the molecule is CC1COCCN1Cc1cc(O)ccc1Br. The molecule has 1 atom stereocenters. The lowest BCUT2D eigenvalue weighted by atomic mass is 10.1. The largest absolute Gasteiger partial charge is 0.508 e. The standard InChI is InChI=1S/C12H16BrNO2/c1-9-8-16-5-4-14(9)7-10-6-11(15)2-3-12(10)13/h2-3,6,9,15H,4-5,7-8H2,1H3. The van der Waals surface area contributed by atoms with E-state index in [1.807, 2.05) is 12.1 Å². The molecule has 2 rings (SSSR count). The fourth-order valence-electron chi connectivity index (χ4n) is 1.90. The van der Waals surface area contributed by atoms with Crippen LogP contribution >= 0.6 is 15.9 Å². The first-order valence-electron chi connectivity index (χ1n) is 5.46. The molecule has 0 saturated carbocycles. The maximum atomic E-state index is 9.47. The molecule has 4 heteroatoms. The summed E-state index contributed by atoms with van der Waals surface area (Å²) in [4.78, 5) is 2.36. The third-order valence-corrected chi connectivity index (χ3v) is 3.68. The van der Waals surface area contributed by atoms with Gasteiger partial charge in [0.05, 0.1) is 13.2 Å². The third kappa shape index (κ3) is 2.75. The van der Waals surface area contributed by atoms with Crippen LogP contribution in [0.2, 0.25) is 0 Å². The van der Waals surface area contributed by atoms with Crippen LogP contribution in [0.25, 0.3) is 0 Å². The number of nitrogens with zero attached hydrogens (tertiary/aromatic N) is 1. The Labute approximate surface area is 104 Å². The lowest BCUT2D eigenvalue weighted by Crippen LogP contribution is -2.42. The summed E-state index contributed by atoms with van der Waals surface area (Å²) in [5.41, 5.74) is 1.12. The molecule has 1 fully saturated rings. The van der Waals surface area contributed by atoms with Gasteiger partial charge < -0.3 is 9.84 Å². The summed E-state index contributed by atoms with van der Waals surface area (Å²) < 4.78 is 6.45. The molecule has 0 amide bonds. The molecule has 0 aromatic heterocycles. The zero-order valence-electron chi connectivity index (χ0n) is 9.32. The van der Waals surface area contributed by atoms with E-state index >= 15 is 0 Å². The summed E-state index contributed by atoms with van der Waals surface area (Å²) in [6.07, 6.45) is 0. The molecule has 3 nitrogen and oxygen atoms in total. The third-order valence-electron chi connectivity index (χ3n) is 2.91. The average Bonchev–Trinajstić information content (AvgIpc) is 2.27. The first-order valence-corrected chi connectivity index (χ1v) is 6.25. The first kappa shape index (κ1) is 11.9. The Hall–Kier alpha value is -0.580. The van der Waals surface area contributed by atoms with Crippen molar-refractivity contribution in [1.82, 2.24) is 4.90 Å². The van der Waals surface area contributed by atoms with Crippen molar-refractivity contribution >= 4 is 15.9 Å². The molecule has 0 aliphatic carbocycles. The molecule has 1 heterocycles. The van der Waals surface area contributed by atoms with Crippen LogP contribution in [0, 0.1) is 0 Å². The summed E-state index contributed by atoms with van der Waals surface area (Å²) >= 11 is 3.51. The number of ether oxygens (including phenoxy) is 1. The van der Waals surface area contributed by atoms with Crippen LogP contribution in [-0.2, 0) is 11.3 Å². The quantitative estimate of drug-likeness (QED) is 0.906. The van der Waals surface area contributed by atoms with Gasteiger partial charge in [-0.2, -0.15) is 0 Å². The van der Waals surface area contributed by atoms with E-state index in [0.717, 1.165) is 36.3 Å². The average molecular weight is 286 g/mol. The van der Waals surface area contributed by atoms with E-state index < -0.39 is 0 Å². The number of phenolic OH excluding ortho intramolecular Hbond substituents is 1. The van der Waals surface area contributed by atoms with Crippen LogP contribution in [0.3, 0.4) is 0 Å². The Morgan fingerprint density at radius 2 is 2.38 bits per heavy atom. The van der Waals surface area contributed by atoms with Gasteiger partial charge in [0.15, 0.2) is 0 Å². The van der Waals surface area contributed by atoms with E-state index in [4.69, 9.17) is 4.74 Å². The molecule has 1 aliphatic heterocycles. The number of rotatable bonds is 2. The van der Waals surface area contributed by atoms with E-state index in [-0.39, 0.29) is 0 Å². The highest BCUT2D eigenvalue weighted by Crippen LogP contribution is 2.24. The smallest absolute Gasteiger partial charge is 0.115 e. The summed E-state index contributed by atoms with van der Waals surface area (Å²) in [6.45, 7) is 5.54. The van der Waals surface area contributed by atoms with Crippen LogP contribution in [0.15, 0.2) is 22.7 Å². The van der Waals surface area contributed by atoms with Crippen molar-refractivity contribution in [2.75, 3.05) is 19.8 Å². The molecule has 0 spiro atoms. The second kappa shape index (κ2) is 5.17. The Balaban J connectivity index is 2.10. The van der Waals surface area contributed by atoms with Crippen molar-refractivity contribution in [3.63, 3.8) is 0 Å². The van der Waals surface area contributed by atoms with Gasteiger partial charge in [-0.05, 0) is 30.7 Å². The molecule has 1 N–H and O–H groups in total. The van der Waals surface area contributed by atoms with Gasteiger partial charge in [0.2, 0.25) is 0 Å². The number of halogens is 1. The minimum Gasteiger partial charge on any atom is -0.508 e. The zero-order valence-corrected chi connectivity index (χ0v) is 10.9. The highest BCUT2D eigenvalue weighted by molar-refractivity contribution is 9.10. The topological polar surface area (TPSA) is 32.7 Å². The van der Waals surface area contributed by atoms with Crippen molar-refractivity contribution in [3.8, 4) is 5.75 Å². The van der Waals surface area contributed by atoms with Crippen molar-refractivity contribution in [2.45, 2.75) is 19.5 Å². The van der Waals surface area contributed by atoms with E-state index in [2.05, 4.69) is 27.8 Å². The van der Waals surface area contributed by atoms with Crippen molar-refractivity contribution in [1.29, 1.82) is 0 Å². The minimum atomic E-state index is 0.319. The fraction of sp³-hybridized carbons (Fsp3) is 0.500. The van der Waals surface area contributed by atoms with E-state index in [1.165, 1.54) is 0 Å². The second-order valence-corrected chi connectivity index (χ2v) is 5.02. The van der Waals surface area contributed by atoms with Gasteiger partial charge in [-0.25, -0.2) is 0 Å². The van der Waals surface area contributed by atoms with Gasteiger partial charge in [-0.1, -0.05) is 15.9 Å². The number of aromatic hydroxyl groups is 1. The number of hydrogen-bond donors (Lipinski definition) is 1. The second-order valence-electron chi connectivity index (χ2n) is 4.17. The van der Waals surface area contributed by atoms with Gasteiger partial charge >= 0.3 is 0 Å². The van der Waals surface area contributed by atoms with Gasteiger partial charge in [0.1, 0.15) is 5.75 Å². The predicted molar refractivity (Wildman–Crippen MR) is 66.5 cm³/mol. The monoisotopic (exact) mass is 285 g/mol. The van der Waals surface area contributed by atoms with Gasteiger partial charge in [-0.15, -0.1) is 0 Å². The number of benzene rings is 1. The summed E-state index contributed by atoms with van der Waals surface area (Å²) in [7, 11) is 0. The van der Waals surface area contributed by atoms with Gasteiger partial charge in [0.25, 0.3) is 0 Å². The molecule has 16 heavy (non-hydrogen) atoms. The Morgan fingerprint density at radius 1 is 1.56 bits per heavy atom. The van der Waals surface area contributed by atoms with E-state index in [1.54, 1.807) is 6.07 Å². The molecule has 1 aromatic carbocycles. The van der Waals surface area contributed by atoms with Crippen molar-refractivity contribution in [2.24, 2.45) is 0 Å².